The molecule has 2 fully saturated rings. The smallest absolute Gasteiger partial charge is 0.250 e. The van der Waals surface area contributed by atoms with Gasteiger partial charge >= 0.3 is 0 Å². The lowest BCUT2D eigenvalue weighted by atomic mass is 9.64. The van der Waals surface area contributed by atoms with Crippen molar-refractivity contribution in [2.75, 3.05) is 13.1 Å². The van der Waals surface area contributed by atoms with Crippen LogP contribution in [-0.2, 0) is 10.2 Å². The summed E-state index contributed by atoms with van der Waals surface area (Å²) in [6, 6.07) is 8.21. The number of allylic oxidation sites excluding steroid dienone is 2. The number of carbonyl (C=O) groups excluding carboxylic acids is 1. The number of carbonyl (C=O) groups is 1. The molecule has 1 amide bonds. The van der Waals surface area contributed by atoms with Crippen LogP contribution in [0.5, 0.6) is 5.75 Å². The molecule has 1 aromatic rings. The summed E-state index contributed by atoms with van der Waals surface area (Å²) in [5.74, 6) is 1.89. The zero-order valence-corrected chi connectivity index (χ0v) is 12.5. The largest absolute Gasteiger partial charge is 0.485 e. The quantitative estimate of drug-likeness (QED) is 0.839. The monoisotopic (exact) mass is 293 g/mol. The van der Waals surface area contributed by atoms with Gasteiger partial charge in [-0.1, -0.05) is 30.4 Å². The Kier molecular flexibility index (Phi) is 2.42. The second-order valence-corrected chi connectivity index (χ2v) is 6.92. The van der Waals surface area contributed by atoms with Gasteiger partial charge in [-0.3, -0.25) is 4.79 Å². The standard InChI is InChI=1S/C19H19NO2/c21-18-15-5-3-7-17-19(15,10-11-20(18)12-13-8-9-13)14-4-1-2-6-16(14)22-17/h1-7,13,17H,8-12H2. The summed E-state index contributed by atoms with van der Waals surface area (Å²) in [5, 5.41) is 0. The fourth-order valence-electron chi connectivity index (χ4n) is 4.28. The van der Waals surface area contributed by atoms with E-state index in [-0.39, 0.29) is 17.4 Å². The van der Waals surface area contributed by atoms with Crippen LogP contribution >= 0.6 is 0 Å². The summed E-state index contributed by atoms with van der Waals surface area (Å²) in [5.41, 5.74) is 1.86. The average Bonchev–Trinajstić information content (AvgIpc) is 3.30. The van der Waals surface area contributed by atoms with E-state index in [1.807, 2.05) is 24.3 Å². The highest BCUT2D eigenvalue weighted by Crippen LogP contribution is 2.53. The van der Waals surface area contributed by atoms with Gasteiger partial charge in [0.25, 0.3) is 5.91 Å². The lowest BCUT2D eigenvalue weighted by molar-refractivity contribution is -0.130. The first-order chi connectivity index (χ1) is 10.8. The Balaban J connectivity index is 1.59. The minimum Gasteiger partial charge on any atom is -0.485 e. The highest BCUT2D eigenvalue weighted by atomic mass is 16.5. The molecule has 1 spiro atoms. The maximum absolute atomic E-state index is 13.0. The minimum absolute atomic E-state index is 0.0306. The average molecular weight is 293 g/mol. The molecule has 0 radical (unpaired) electrons. The van der Waals surface area contributed by atoms with E-state index in [4.69, 9.17) is 4.74 Å². The lowest BCUT2D eigenvalue weighted by Gasteiger charge is -2.44. The van der Waals surface area contributed by atoms with Crippen LogP contribution in [0.3, 0.4) is 0 Å². The first-order valence-electron chi connectivity index (χ1n) is 8.23. The molecule has 2 unspecified atom stereocenters. The molecule has 1 saturated heterocycles. The molecule has 112 valence electrons. The van der Waals surface area contributed by atoms with E-state index < -0.39 is 0 Å². The van der Waals surface area contributed by atoms with Crippen molar-refractivity contribution in [3.05, 3.63) is 53.6 Å². The van der Waals surface area contributed by atoms with Crippen LogP contribution in [0.15, 0.2) is 48.1 Å². The van der Waals surface area contributed by atoms with Crippen LogP contribution in [0.2, 0.25) is 0 Å². The molecule has 5 rings (SSSR count). The third-order valence-corrected chi connectivity index (χ3v) is 5.61. The first kappa shape index (κ1) is 12.5. The van der Waals surface area contributed by atoms with Crippen molar-refractivity contribution < 1.29 is 9.53 Å². The van der Waals surface area contributed by atoms with E-state index in [1.165, 1.54) is 18.4 Å². The van der Waals surface area contributed by atoms with Crippen LogP contribution in [0, 0.1) is 5.92 Å². The van der Waals surface area contributed by atoms with E-state index in [1.54, 1.807) is 0 Å². The summed E-state index contributed by atoms with van der Waals surface area (Å²) in [7, 11) is 0. The van der Waals surface area contributed by atoms with Crippen LogP contribution in [0.1, 0.15) is 24.8 Å². The van der Waals surface area contributed by atoms with Crippen molar-refractivity contribution in [1.29, 1.82) is 0 Å². The maximum Gasteiger partial charge on any atom is 0.250 e. The zero-order valence-electron chi connectivity index (χ0n) is 12.5. The number of para-hydroxylation sites is 1. The predicted molar refractivity (Wildman–Crippen MR) is 83.7 cm³/mol. The van der Waals surface area contributed by atoms with Crippen molar-refractivity contribution in [3.8, 4) is 5.75 Å². The van der Waals surface area contributed by atoms with E-state index in [9.17, 15) is 4.79 Å². The van der Waals surface area contributed by atoms with Gasteiger partial charge in [-0.05, 0) is 37.3 Å². The molecule has 2 heterocycles. The number of rotatable bonds is 2. The zero-order chi connectivity index (χ0) is 14.7. The van der Waals surface area contributed by atoms with E-state index >= 15 is 0 Å². The van der Waals surface area contributed by atoms with Crippen molar-refractivity contribution in [2.24, 2.45) is 5.92 Å². The Hall–Kier alpha value is -2.03. The molecule has 1 saturated carbocycles. The molecular weight excluding hydrogens is 274 g/mol. The number of hydrogen-bond acceptors (Lipinski definition) is 2. The van der Waals surface area contributed by atoms with Crippen molar-refractivity contribution in [2.45, 2.75) is 30.8 Å². The molecule has 2 aliphatic heterocycles. The number of amides is 1. The Morgan fingerprint density at radius 2 is 2.14 bits per heavy atom. The predicted octanol–water partition coefficient (Wildman–Crippen LogP) is 2.82. The fourth-order valence-corrected chi connectivity index (χ4v) is 4.28. The molecule has 0 bridgehead atoms. The SMILES string of the molecule is O=C1C2=CC=CC3Oc4ccccc4C23CCN1CC1CC1. The summed E-state index contributed by atoms with van der Waals surface area (Å²) in [6.45, 7) is 1.78. The van der Waals surface area contributed by atoms with Gasteiger partial charge in [-0.15, -0.1) is 0 Å². The molecule has 2 aliphatic carbocycles. The van der Waals surface area contributed by atoms with E-state index in [0.29, 0.717) is 0 Å². The number of ether oxygens (including phenoxy) is 1. The summed E-state index contributed by atoms with van der Waals surface area (Å²) in [4.78, 5) is 15.1. The number of likely N-dealkylation sites (tertiary alicyclic amines) is 1. The third-order valence-electron chi connectivity index (χ3n) is 5.61. The molecule has 4 aliphatic rings. The van der Waals surface area contributed by atoms with Gasteiger partial charge < -0.3 is 9.64 Å². The van der Waals surface area contributed by atoms with Crippen molar-refractivity contribution >= 4 is 5.91 Å². The number of benzene rings is 1. The van der Waals surface area contributed by atoms with Crippen LogP contribution in [0.4, 0.5) is 0 Å². The number of nitrogens with zero attached hydrogens (tertiary/aromatic N) is 1. The Labute approximate surface area is 130 Å². The second kappa shape index (κ2) is 4.25. The van der Waals surface area contributed by atoms with Crippen LogP contribution in [0.25, 0.3) is 0 Å². The fraction of sp³-hybridized carbons (Fsp3) is 0.421. The highest BCUT2D eigenvalue weighted by molar-refractivity contribution is 5.98. The minimum atomic E-state index is -0.261. The first-order valence-corrected chi connectivity index (χ1v) is 8.23. The summed E-state index contributed by atoms with van der Waals surface area (Å²) < 4.78 is 6.15. The summed E-state index contributed by atoms with van der Waals surface area (Å²) in [6.07, 6.45) is 9.60. The third kappa shape index (κ3) is 1.54. The molecule has 1 aromatic carbocycles. The topological polar surface area (TPSA) is 29.5 Å². The molecule has 3 heteroatoms. The summed E-state index contributed by atoms with van der Waals surface area (Å²) >= 11 is 0. The highest BCUT2D eigenvalue weighted by Gasteiger charge is 2.56. The molecular formula is C19H19NO2. The molecule has 0 aromatic heterocycles. The van der Waals surface area contributed by atoms with Gasteiger partial charge in [-0.2, -0.15) is 0 Å². The molecule has 3 nitrogen and oxygen atoms in total. The van der Waals surface area contributed by atoms with Crippen molar-refractivity contribution in [1.82, 2.24) is 4.90 Å². The Morgan fingerprint density at radius 3 is 3.00 bits per heavy atom. The van der Waals surface area contributed by atoms with Gasteiger partial charge in [0, 0.05) is 24.2 Å². The van der Waals surface area contributed by atoms with Gasteiger partial charge in [-0.25, -0.2) is 0 Å². The Morgan fingerprint density at radius 1 is 1.27 bits per heavy atom. The lowest BCUT2D eigenvalue weighted by Crippen LogP contribution is -2.53. The maximum atomic E-state index is 13.0. The van der Waals surface area contributed by atoms with Gasteiger partial charge in [0.1, 0.15) is 11.9 Å². The number of fused-ring (bicyclic) bond motifs is 1. The number of piperidine rings is 1. The van der Waals surface area contributed by atoms with Gasteiger partial charge in [0.2, 0.25) is 0 Å². The van der Waals surface area contributed by atoms with E-state index in [0.717, 1.165) is 36.8 Å². The van der Waals surface area contributed by atoms with E-state index in [2.05, 4.69) is 23.1 Å². The normalized spacial score (nSPS) is 32.0. The van der Waals surface area contributed by atoms with Crippen LogP contribution < -0.4 is 4.74 Å². The van der Waals surface area contributed by atoms with Gasteiger partial charge in [0.15, 0.2) is 0 Å². The van der Waals surface area contributed by atoms with Crippen LogP contribution in [-0.4, -0.2) is 30.0 Å². The second-order valence-electron chi connectivity index (χ2n) is 6.92. The molecule has 0 N–H and O–H groups in total. The van der Waals surface area contributed by atoms with Gasteiger partial charge in [0.05, 0.1) is 5.41 Å². The Bertz CT molecular complexity index is 716. The number of hydrogen-bond donors (Lipinski definition) is 0. The molecule has 22 heavy (non-hydrogen) atoms. The molecule has 2 atom stereocenters. The van der Waals surface area contributed by atoms with Crippen molar-refractivity contribution in [3.63, 3.8) is 0 Å².